The second-order valence-electron chi connectivity index (χ2n) is 3.56. The fourth-order valence-electron chi connectivity index (χ4n) is 1.49. The number of hydrogen-bond acceptors (Lipinski definition) is 0. The Labute approximate surface area is 81.0 Å². The molecule has 0 radical (unpaired) electrons. The molecule has 0 atom stereocenters. The third kappa shape index (κ3) is 3.21. The maximum absolute atomic E-state index is 3.31. The molecule has 0 aliphatic heterocycles. The van der Waals surface area contributed by atoms with Gasteiger partial charge in [-0.15, -0.1) is 0 Å². The minimum absolute atomic E-state index is 1.17. The number of imidazole rings is 1. The fourth-order valence-corrected chi connectivity index (χ4v) is 1.49. The third-order valence-electron chi connectivity index (χ3n) is 2.37. The predicted molar refractivity (Wildman–Crippen MR) is 54.5 cm³/mol. The molecule has 0 spiro atoms. The predicted octanol–water partition coefficient (Wildman–Crippen LogP) is 2.44. The Kier molecular flexibility index (Phi) is 4.58. The van der Waals surface area contributed by atoms with E-state index in [4.69, 9.17) is 0 Å². The van der Waals surface area contributed by atoms with Crippen LogP contribution in [0.15, 0.2) is 12.4 Å². The maximum atomic E-state index is 3.31. The van der Waals surface area contributed by atoms with Crippen molar-refractivity contribution in [2.24, 2.45) is 0 Å². The van der Waals surface area contributed by atoms with Gasteiger partial charge in [0.15, 0.2) is 0 Å². The van der Waals surface area contributed by atoms with Gasteiger partial charge in [-0.2, -0.15) is 0 Å². The molecule has 2 heteroatoms. The average Bonchev–Trinajstić information content (AvgIpc) is 2.59. The molecule has 1 aromatic heterocycles. The van der Waals surface area contributed by atoms with E-state index in [-0.39, 0.29) is 0 Å². The highest BCUT2D eigenvalue weighted by Crippen LogP contribution is 1.97. The topological polar surface area (TPSA) is 19.7 Å². The third-order valence-corrected chi connectivity index (χ3v) is 2.37. The van der Waals surface area contributed by atoms with Gasteiger partial charge >= 0.3 is 0 Å². The minimum atomic E-state index is 1.17. The van der Waals surface area contributed by atoms with Gasteiger partial charge in [-0.3, -0.25) is 0 Å². The number of aromatic amines is 1. The smallest absolute Gasteiger partial charge is 0.248 e. The van der Waals surface area contributed by atoms with E-state index in [1.54, 1.807) is 0 Å². The highest BCUT2D eigenvalue weighted by molar-refractivity contribution is 4.76. The summed E-state index contributed by atoms with van der Waals surface area (Å²) in [5.41, 5.74) is 0. The van der Waals surface area contributed by atoms with Gasteiger partial charge in [0.05, 0.1) is 6.54 Å². The second-order valence-corrected chi connectivity index (χ2v) is 3.56. The van der Waals surface area contributed by atoms with Crippen LogP contribution in [0.2, 0.25) is 0 Å². The van der Waals surface area contributed by atoms with Crippen molar-refractivity contribution in [2.45, 2.75) is 52.5 Å². The van der Waals surface area contributed by atoms with Gasteiger partial charge < -0.3 is 0 Å². The molecule has 0 aliphatic carbocycles. The summed E-state index contributed by atoms with van der Waals surface area (Å²) in [5.74, 6) is 1.38. The number of nitrogens with one attached hydrogen (secondary N) is 1. The Balaban J connectivity index is 2.45. The van der Waals surface area contributed by atoms with E-state index in [2.05, 4.69) is 29.6 Å². The molecule has 0 aliphatic rings. The summed E-state index contributed by atoms with van der Waals surface area (Å²) < 4.78 is 2.35. The van der Waals surface area contributed by atoms with E-state index < -0.39 is 0 Å². The van der Waals surface area contributed by atoms with Crippen LogP contribution in [-0.2, 0) is 13.0 Å². The van der Waals surface area contributed by atoms with Crippen molar-refractivity contribution in [3.05, 3.63) is 18.2 Å². The molecule has 1 heterocycles. The first-order chi connectivity index (χ1) is 6.38. The Morgan fingerprint density at radius 3 is 2.69 bits per heavy atom. The lowest BCUT2D eigenvalue weighted by Crippen LogP contribution is -2.35. The Hall–Kier alpha value is -0.790. The summed E-state index contributed by atoms with van der Waals surface area (Å²) in [6.45, 7) is 5.64. The Bertz CT molecular complexity index is 205. The average molecular weight is 181 g/mol. The lowest BCUT2D eigenvalue weighted by Gasteiger charge is -1.98. The first kappa shape index (κ1) is 10.3. The van der Waals surface area contributed by atoms with Crippen molar-refractivity contribution in [2.75, 3.05) is 0 Å². The van der Waals surface area contributed by atoms with Crippen LogP contribution >= 0.6 is 0 Å². The molecule has 0 saturated carbocycles. The first-order valence-corrected chi connectivity index (χ1v) is 5.44. The summed E-state index contributed by atoms with van der Waals surface area (Å²) >= 11 is 0. The summed E-state index contributed by atoms with van der Waals surface area (Å²) in [7, 11) is 0. The second kappa shape index (κ2) is 5.79. The van der Waals surface area contributed by atoms with Crippen molar-refractivity contribution >= 4 is 0 Å². The summed E-state index contributed by atoms with van der Waals surface area (Å²) in [6, 6.07) is 0. The quantitative estimate of drug-likeness (QED) is 0.650. The highest BCUT2D eigenvalue weighted by Gasteiger charge is 2.07. The van der Waals surface area contributed by atoms with Gasteiger partial charge in [0.2, 0.25) is 0 Å². The summed E-state index contributed by atoms with van der Waals surface area (Å²) in [6.07, 6.45) is 10.5. The first-order valence-electron chi connectivity index (χ1n) is 5.44. The van der Waals surface area contributed by atoms with Crippen molar-refractivity contribution in [1.82, 2.24) is 4.98 Å². The zero-order valence-corrected chi connectivity index (χ0v) is 8.84. The van der Waals surface area contributed by atoms with Crippen molar-refractivity contribution in [3.63, 3.8) is 0 Å². The van der Waals surface area contributed by atoms with E-state index in [0.717, 1.165) is 0 Å². The number of rotatable bonds is 6. The van der Waals surface area contributed by atoms with Crippen LogP contribution in [0.1, 0.15) is 45.4 Å². The van der Waals surface area contributed by atoms with E-state index >= 15 is 0 Å². The molecule has 1 N–H and O–H groups in total. The van der Waals surface area contributed by atoms with Gasteiger partial charge in [-0.25, -0.2) is 9.55 Å². The summed E-state index contributed by atoms with van der Waals surface area (Å²) in [5, 5.41) is 0. The van der Waals surface area contributed by atoms with Crippen LogP contribution in [-0.4, -0.2) is 4.98 Å². The molecule has 2 nitrogen and oxygen atoms in total. The number of aromatic nitrogens is 2. The SMILES string of the molecule is CCCCc1[nH]cc[n+]1CCCC. The largest absolute Gasteiger partial charge is 0.254 e. The molecule has 0 saturated heterocycles. The van der Waals surface area contributed by atoms with Crippen LogP contribution in [0.25, 0.3) is 0 Å². The van der Waals surface area contributed by atoms with Gasteiger partial charge in [-0.1, -0.05) is 26.7 Å². The molecule has 1 rings (SSSR count). The number of aryl methyl sites for hydroxylation is 2. The summed E-state index contributed by atoms with van der Waals surface area (Å²) in [4.78, 5) is 3.31. The fraction of sp³-hybridized carbons (Fsp3) is 0.727. The zero-order chi connectivity index (χ0) is 9.52. The van der Waals surface area contributed by atoms with E-state index in [0.29, 0.717) is 0 Å². The highest BCUT2D eigenvalue weighted by atomic mass is 15.1. The molecule has 0 bridgehead atoms. The maximum Gasteiger partial charge on any atom is 0.254 e. The van der Waals surface area contributed by atoms with E-state index in [1.165, 1.54) is 44.5 Å². The van der Waals surface area contributed by atoms with Gasteiger partial charge in [0, 0.05) is 6.42 Å². The molecule has 74 valence electrons. The zero-order valence-electron chi connectivity index (χ0n) is 8.84. The van der Waals surface area contributed by atoms with Crippen molar-refractivity contribution in [3.8, 4) is 0 Å². The lowest BCUT2D eigenvalue weighted by molar-refractivity contribution is -0.703. The molecule has 0 unspecified atom stereocenters. The molecule has 0 fully saturated rings. The molecule has 0 aromatic carbocycles. The molecular weight excluding hydrogens is 160 g/mol. The molecule has 0 amide bonds. The van der Waals surface area contributed by atoms with Crippen molar-refractivity contribution in [1.29, 1.82) is 0 Å². The van der Waals surface area contributed by atoms with Crippen LogP contribution < -0.4 is 4.57 Å². The molecular formula is C11H21N2+. The Morgan fingerprint density at radius 2 is 2.00 bits per heavy atom. The monoisotopic (exact) mass is 181 g/mol. The van der Waals surface area contributed by atoms with Gasteiger partial charge in [0.25, 0.3) is 5.82 Å². The number of H-pyrrole nitrogens is 1. The number of hydrogen-bond donors (Lipinski definition) is 1. The van der Waals surface area contributed by atoms with Crippen LogP contribution in [0.4, 0.5) is 0 Å². The van der Waals surface area contributed by atoms with E-state index in [1.807, 2.05) is 6.20 Å². The molecule has 13 heavy (non-hydrogen) atoms. The number of nitrogens with zero attached hydrogens (tertiary/aromatic N) is 1. The van der Waals surface area contributed by atoms with Crippen molar-refractivity contribution < 1.29 is 4.57 Å². The number of unbranched alkanes of at least 4 members (excludes halogenated alkanes) is 2. The van der Waals surface area contributed by atoms with Gasteiger partial charge in [0.1, 0.15) is 12.4 Å². The standard InChI is InChI=1S/C11H20N2/c1-3-5-7-11-12-8-10-13(11)9-6-4-2/h8,10H,3-7,9H2,1-2H3/p+1. The van der Waals surface area contributed by atoms with Crippen LogP contribution in [0, 0.1) is 0 Å². The Morgan fingerprint density at radius 1 is 1.23 bits per heavy atom. The van der Waals surface area contributed by atoms with E-state index in [9.17, 15) is 0 Å². The lowest BCUT2D eigenvalue weighted by atomic mass is 10.2. The van der Waals surface area contributed by atoms with Gasteiger partial charge in [-0.05, 0) is 12.8 Å². The normalized spacial score (nSPS) is 10.6. The van der Waals surface area contributed by atoms with Crippen LogP contribution in [0.5, 0.6) is 0 Å². The van der Waals surface area contributed by atoms with Crippen LogP contribution in [0.3, 0.4) is 0 Å². The molecule has 1 aromatic rings. The minimum Gasteiger partial charge on any atom is -0.248 e.